The number of carbonyl (C=O) groups excluding carboxylic acids is 1. The SMILES string of the molecule is O=C(NCCCCCCCOCNc1nc(-c2ccccc2)cs1)C1=CCCC=C1.[HH].[HH]. The molecule has 0 saturated heterocycles. The summed E-state index contributed by atoms with van der Waals surface area (Å²) < 4.78 is 5.66. The van der Waals surface area contributed by atoms with Gasteiger partial charge in [-0.1, -0.05) is 67.8 Å². The van der Waals surface area contributed by atoms with Gasteiger partial charge >= 0.3 is 0 Å². The van der Waals surface area contributed by atoms with E-state index in [0.29, 0.717) is 6.73 Å². The van der Waals surface area contributed by atoms with Crippen molar-refractivity contribution in [2.24, 2.45) is 0 Å². The number of nitrogens with one attached hydrogen (secondary N) is 2. The first kappa shape index (κ1) is 22.2. The van der Waals surface area contributed by atoms with E-state index in [-0.39, 0.29) is 8.76 Å². The molecule has 2 aromatic rings. The van der Waals surface area contributed by atoms with E-state index < -0.39 is 0 Å². The zero-order valence-corrected chi connectivity index (χ0v) is 18.3. The van der Waals surface area contributed by atoms with E-state index in [0.717, 1.165) is 73.6 Å². The molecule has 0 saturated carbocycles. The number of aromatic nitrogens is 1. The molecule has 0 radical (unpaired) electrons. The maximum atomic E-state index is 12.0. The third-order valence-electron chi connectivity index (χ3n) is 4.91. The van der Waals surface area contributed by atoms with E-state index in [9.17, 15) is 4.79 Å². The van der Waals surface area contributed by atoms with Crippen molar-refractivity contribution < 1.29 is 12.4 Å². The van der Waals surface area contributed by atoms with Crippen LogP contribution in [0.5, 0.6) is 0 Å². The monoisotopic (exact) mass is 429 g/mol. The third kappa shape index (κ3) is 7.76. The van der Waals surface area contributed by atoms with Gasteiger partial charge in [-0.25, -0.2) is 4.98 Å². The first-order valence-electron chi connectivity index (χ1n) is 10.8. The van der Waals surface area contributed by atoms with Gasteiger partial charge in [-0.3, -0.25) is 4.79 Å². The lowest BCUT2D eigenvalue weighted by Crippen LogP contribution is -2.25. The quantitative estimate of drug-likeness (QED) is 0.301. The van der Waals surface area contributed by atoms with Crippen LogP contribution in [0, 0.1) is 0 Å². The number of amides is 1. The number of thiazole rings is 1. The van der Waals surface area contributed by atoms with Crippen molar-refractivity contribution in [3.05, 3.63) is 59.5 Å². The predicted octanol–water partition coefficient (Wildman–Crippen LogP) is 6.03. The minimum absolute atomic E-state index is 0. The zero-order chi connectivity index (χ0) is 20.9. The van der Waals surface area contributed by atoms with E-state index >= 15 is 0 Å². The van der Waals surface area contributed by atoms with Crippen LogP contribution in [0.1, 0.15) is 47.8 Å². The van der Waals surface area contributed by atoms with Gasteiger partial charge in [0.15, 0.2) is 5.13 Å². The van der Waals surface area contributed by atoms with E-state index in [1.165, 1.54) is 6.42 Å². The standard InChI is InChI=1S/C24H31N3O2S.2H2/c28-23(21-14-8-5-9-15-21)25-16-10-2-1-3-11-17-29-19-26-24-27-22(18-30-24)20-12-6-4-7-13-20;;/h4,6-8,12-15,18H,1-3,5,9-11,16-17,19H2,(H,25,28)(H,26,27);2*1H. The summed E-state index contributed by atoms with van der Waals surface area (Å²) in [5.41, 5.74) is 2.93. The largest absolute Gasteiger partial charge is 0.361 e. The van der Waals surface area contributed by atoms with Crippen LogP contribution in [-0.4, -0.2) is 30.8 Å². The molecule has 0 bridgehead atoms. The Morgan fingerprint density at radius 2 is 1.93 bits per heavy atom. The van der Waals surface area contributed by atoms with Crippen molar-refractivity contribution in [2.45, 2.75) is 44.9 Å². The Hall–Kier alpha value is -2.44. The van der Waals surface area contributed by atoms with Gasteiger partial charge in [0, 0.05) is 32.5 Å². The van der Waals surface area contributed by atoms with Crippen molar-refractivity contribution in [1.82, 2.24) is 10.3 Å². The van der Waals surface area contributed by atoms with Gasteiger partial charge in [-0.05, 0) is 25.7 Å². The van der Waals surface area contributed by atoms with Crippen molar-refractivity contribution in [2.75, 3.05) is 25.2 Å². The second-order valence-electron chi connectivity index (χ2n) is 7.30. The van der Waals surface area contributed by atoms with Gasteiger partial charge < -0.3 is 15.4 Å². The van der Waals surface area contributed by atoms with Gasteiger partial charge in [-0.15, -0.1) is 11.3 Å². The molecule has 30 heavy (non-hydrogen) atoms. The fraction of sp³-hybridized carbons (Fsp3) is 0.417. The van der Waals surface area contributed by atoms with Crippen LogP contribution in [0.2, 0.25) is 0 Å². The third-order valence-corrected chi connectivity index (χ3v) is 5.71. The summed E-state index contributed by atoms with van der Waals surface area (Å²) in [6.45, 7) is 1.99. The van der Waals surface area contributed by atoms with Gasteiger partial charge in [-0.2, -0.15) is 0 Å². The summed E-state index contributed by atoms with van der Waals surface area (Å²) in [5, 5.41) is 9.17. The van der Waals surface area contributed by atoms with Crippen molar-refractivity contribution in [3.63, 3.8) is 0 Å². The average Bonchev–Trinajstić information content (AvgIpc) is 3.27. The first-order valence-corrected chi connectivity index (χ1v) is 11.7. The fourth-order valence-electron chi connectivity index (χ4n) is 3.23. The first-order chi connectivity index (χ1) is 14.8. The molecule has 3 rings (SSSR count). The normalized spacial score (nSPS) is 13.1. The highest BCUT2D eigenvalue weighted by molar-refractivity contribution is 7.14. The number of rotatable bonds is 13. The van der Waals surface area contributed by atoms with Crippen LogP contribution in [-0.2, 0) is 9.53 Å². The lowest BCUT2D eigenvalue weighted by Gasteiger charge is -2.08. The second-order valence-corrected chi connectivity index (χ2v) is 8.15. The fourth-order valence-corrected chi connectivity index (χ4v) is 3.93. The molecule has 0 aliphatic heterocycles. The summed E-state index contributed by atoms with van der Waals surface area (Å²) in [6, 6.07) is 10.2. The van der Waals surface area contributed by atoms with E-state index in [1.54, 1.807) is 11.3 Å². The van der Waals surface area contributed by atoms with Crippen LogP contribution in [0.15, 0.2) is 59.5 Å². The summed E-state index contributed by atoms with van der Waals surface area (Å²) >= 11 is 1.60. The molecule has 6 heteroatoms. The molecule has 0 spiro atoms. The van der Waals surface area contributed by atoms with Crippen LogP contribution >= 0.6 is 11.3 Å². The topological polar surface area (TPSA) is 63.2 Å². The Bertz CT molecular complexity index is 841. The number of benzene rings is 1. The van der Waals surface area contributed by atoms with Crippen LogP contribution in [0.25, 0.3) is 11.3 Å². The van der Waals surface area contributed by atoms with Crippen molar-refractivity contribution in [3.8, 4) is 11.3 Å². The number of unbranched alkanes of at least 4 members (excludes halogenated alkanes) is 4. The molecule has 1 aliphatic rings. The molecule has 1 aliphatic carbocycles. The highest BCUT2D eigenvalue weighted by Gasteiger charge is 2.07. The van der Waals surface area contributed by atoms with E-state index in [2.05, 4.69) is 39.2 Å². The maximum absolute atomic E-state index is 12.0. The van der Waals surface area contributed by atoms with E-state index in [4.69, 9.17) is 4.74 Å². The zero-order valence-electron chi connectivity index (χ0n) is 17.4. The van der Waals surface area contributed by atoms with Gasteiger partial charge in [0.05, 0.1) is 5.69 Å². The van der Waals surface area contributed by atoms with Crippen LogP contribution < -0.4 is 10.6 Å². The minimum Gasteiger partial charge on any atom is -0.361 e. The number of hydrogen-bond acceptors (Lipinski definition) is 5. The summed E-state index contributed by atoms with van der Waals surface area (Å²) in [7, 11) is 0. The second kappa shape index (κ2) is 13.0. The lowest BCUT2D eigenvalue weighted by molar-refractivity contribution is -0.117. The highest BCUT2D eigenvalue weighted by Crippen LogP contribution is 2.24. The lowest BCUT2D eigenvalue weighted by atomic mass is 10.1. The summed E-state index contributed by atoms with van der Waals surface area (Å²) in [5.74, 6) is 0.0583. The van der Waals surface area contributed by atoms with Crippen molar-refractivity contribution >= 4 is 22.4 Å². The molecule has 1 aromatic carbocycles. The number of anilines is 1. The minimum atomic E-state index is 0. The molecule has 2 N–H and O–H groups in total. The number of nitrogens with zero attached hydrogens (tertiary/aromatic N) is 1. The molecule has 164 valence electrons. The molecule has 0 unspecified atom stereocenters. The summed E-state index contributed by atoms with van der Waals surface area (Å²) in [4.78, 5) is 16.5. The number of allylic oxidation sites excluding steroid dienone is 2. The predicted molar refractivity (Wildman–Crippen MR) is 129 cm³/mol. The molecular weight excluding hydrogens is 394 g/mol. The average molecular weight is 430 g/mol. The Kier molecular flexibility index (Phi) is 9.63. The smallest absolute Gasteiger partial charge is 0.250 e. The number of carbonyl (C=O) groups is 1. The number of ether oxygens (including phenoxy) is 1. The molecule has 1 aromatic heterocycles. The molecule has 0 fully saturated rings. The van der Waals surface area contributed by atoms with Gasteiger partial charge in [0.25, 0.3) is 5.91 Å². The highest BCUT2D eigenvalue weighted by atomic mass is 32.1. The number of hydrogen-bond donors (Lipinski definition) is 2. The Morgan fingerprint density at radius 3 is 2.77 bits per heavy atom. The van der Waals surface area contributed by atoms with Crippen LogP contribution in [0.4, 0.5) is 5.13 Å². The Balaban J connectivity index is 0.00000256. The van der Waals surface area contributed by atoms with Gasteiger partial charge in [0.1, 0.15) is 6.73 Å². The maximum Gasteiger partial charge on any atom is 0.250 e. The molecule has 1 amide bonds. The summed E-state index contributed by atoms with van der Waals surface area (Å²) in [6.07, 6.45) is 13.5. The molecule has 0 atom stereocenters. The van der Waals surface area contributed by atoms with Crippen LogP contribution in [0.3, 0.4) is 0 Å². The Morgan fingerprint density at radius 1 is 1.10 bits per heavy atom. The van der Waals surface area contributed by atoms with Crippen molar-refractivity contribution in [1.29, 1.82) is 0 Å². The molecular formula is C24H35N3O2S. The van der Waals surface area contributed by atoms with E-state index in [1.807, 2.05) is 30.4 Å². The molecule has 1 heterocycles. The Labute approximate surface area is 186 Å². The molecule has 5 nitrogen and oxygen atoms in total. The van der Waals surface area contributed by atoms with Gasteiger partial charge in [0.2, 0.25) is 0 Å².